The molecule has 2 nitrogen and oxygen atoms in total. The zero-order valence-electron chi connectivity index (χ0n) is 10.4. The van der Waals surface area contributed by atoms with Crippen LogP contribution in [0.5, 0.6) is 11.5 Å². The fourth-order valence-corrected chi connectivity index (χ4v) is 2.20. The van der Waals surface area contributed by atoms with Gasteiger partial charge in [0.2, 0.25) is 0 Å². The first-order chi connectivity index (χ1) is 8.25. The van der Waals surface area contributed by atoms with Crippen molar-refractivity contribution in [3.8, 4) is 11.5 Å². The molecule has 0 spiro atoms. The number of fused-ring (bicyclic) bond motifs is 1. The third-order valence-corrected chi connectivity index (χ3v) is 3.18. The summed E-state index contributed by atoms with van der Waals surface area (Å²) in [7, 11) is 0. The standard InChI is InChI=1S/C15H20O2/c1-12-5-2-3-7-13-11-14(16)8-9-15(13)17-10-4-6-12/h6,8-9,11,16H,2-5,7,10H2,1H3/b12-6+. The van der Waals surface area contributed by atoms with Gasteiger partial charge in [-0.05, 0) is 62.8 Å². The van der Waals surface area contributed by atoms with E-state index in [0.717, 1.165) is 37.2 Å². The zero-order chi connectivity index (χ0) is 12.1. The van der Waals surface area contributed by atoms with Crippen molar-refractivity contribution in [2.75, 3.05) is 6.61 Å². The topological polar surface area (TPSA) is 29.5 Å². The minimum absolute atomic E-state index is 0.330. The fourth-order valence-electron chi connectivity index (χ4n) is 2.20. The van der Waals surface area contributed by atoms with Crippen LogP contribution >= 0.6 is 0 Å². The smallest absolute Gasteiger partial charge is 0.122 e. The molecule has 0 saturated carbocycles. The number of rotatable bonds is 0. The van der Waals surface area contributed by atoms with E-state index in [9.17, 15) is 5.11 Å². The van der Waals surface area contributed by atoms with Gasteiger partial charge in [-0.25, -0.2) is 0 Å². The molecule has 17 heavy (non-hydrogen) atoms. The van der Waals surface area contributed by atoms with Gasteiger partial charge in [0.15, 0.2) is 0 Å². The molecule has 0 bridgehead atoms. The molecular formula is C15H20O2. The second-order valence-corrected chi connectivity index (χ2v) is 4.69. The Labute approximate surface area is 103 Å². The van der Waals surface area contributed by atoms with Crippen molar-refractivity contribution in [2.45, 2.75) is 39.0 Å². The average molecular weight is 232 g/mol. The predicted molar refractivity (Wildman–Crippen MR) is 69.5 cm³/mol. The van der Waals surface area contributed by atoms with Gasteiger partial charge in [0.05, 0.1) is 6.61 Å². The van der Waals surface area contributed by atoms with Crippen molar-refractivity contribution in [2.24, 2.45) is 0 Å². The number of phenolic OH excluding ortho intramolecular Hbond substituents is 1. The SMILES string of the molecule is C/C1=C\CCOc2ccc(O)cc2CCCC1. The van der Waals surface area contributed by atoms with Crippen molar-refractivity contribution < 1.29 is 9.84 Å². The lowest BCUT2D eigenvalue weighted by Crippen LogP contribution is -1.99. The molecule has 0 amide bonds. The third-order valence-electron chi connectivity index (χ3n) is 3.18. The van der Waals surface area contributed by atoms with Crippen LogP contribution in [0.1, 0.15) is 38.2 Å². The monoisotopic (exact) mass is 232 g/mol. The number of hydrogen-bond donors (Lipinski definition) is 1. The van der Waals surface area contributed by atoms with Crippen LogP contribution in [0, 0.1) is 0 Å². The summed E-state index contributed by atoms with van der Waals surface area (Å²) in [6, 6.07) is 5.40. The quantitative estimate of drug-likeness (QED) is 0.689. The van der Waals surface area contributed by atoms with E-state index >= 15 is 0 Å². The van der Waals surface area contributed by atoms with Crippen LogP contribution in [0.25, 0.3) is 0 Å². The van der Waals surface area contributed by atoms with E-state index < -0.39 is 0 Å². The van der Waals surface area contributed by atoms with E-state index in [-0.39, 0.29) is 0 Å². The Balaban J connectivity index is 2.13. The molecule has 0 saturated heterocycles. The van der Waals surface area contributed by atoms with Crippen molar-refractivity contribution in [3.63, 3.8) is 0 Å². The van der Waals surface area contributed by atoms with Crippen LogP contribution in [-0.2, 0) is 6.42 Å². The lowest BCUT2D eigenvalue weighted by Gasteiger charge is -2.10. The highest BCUT2D eigenvalue weighted by Crippen LogP contribution is 2.26. The molecule has 2 heteroatoms. The minimum Gasteiger partial charge on any atom is -0.508 e. The van der Waals surface area contributed by atoms with E-state index in [0.29, 0.717) is 5.75 Å². The molecule has 1 aliphatic heterocycles. The van der Waals surface area contributed by atoms with Crippen LogP contribution in [0.15, 0.2) is 29.8 Å². The molecule has 0 aromatic heterocycles. The third kappa shape index (κ3) is 3.52. The fraction of sp³-hybridized carbons (Fsp3) is 0.467. The molecule has 0 fully saturated rings. The van der Waals surface area contributed by atoms with Gasteiger partial charge >= 0.3 is 0 Å². The Kier molecular flexibility index (Phi) is 4.08. The first-order valence-electron chi connectivity index (χ1n) is 6.36. The van der Waals surface area contributed by atoms with E-state index in [4.69, 9.17) is 4.74 Å². The molecule has 0 radical (unpaired) electrons. The number of ether oxygens (including phenoxy) is 1. The highest BCUT2D eigenvalue weighted by Gasteiger charge is 2.06. The second-order valence-electron chi connectivity index (χ2n) is 4.69. The van der Waals surface area contributed by atoms with Gasteiger partial charge in [-0.1, -0.05) is 11.6 Å². The Morgan fingerprint density at radius 1 is 1.18 bits per heavy atom. The molecular weight excluding hydrogens is 212 g/mol. The maximum atomic E-state index is 9.51. The molecule has 2 rings (SSSR count). The second kappa shape index (κ2) is 5.76. The first-order valence-corrected chi connectivity index (χ1v) is 6.36. The Bertz CT molecular complexity index is 407. The number of allylic oxidation sites excluding steroid dienone is 1. The van der Waals surface area contributed by atoms with Crippen LogP contribution in [0.4, 0.5) is 0 Å². The molecule has 1 N–H and O–H groups in total. The Hall–Kier alpha value is -1.44. The van der Waals surface area contributed by atoms with E-state index in [1.54, 1.807) is 6.07 Å². The van der Waals surface area contributed by atoms with Crippen molar-refractivity contribution in [3.05, 3.63) is 35.4 Å². The van der Waals surface area contributed by atoms with Gasteiger partial charge in [-0.2, -0.15) is 0 Å². The highest BCUT2D eigenvalue weighted by molar-refractivity contribution is 5.39. The van der Waals surface area contributed by atoms with Gasteiger partial charge in [0.1, 0.15) is 11.5 Å². The van der Waals surface area contributed by atoms with Crippen LogP contribution < -0.4 is 4.74 Å². The number of aromatic hydroxyl groups is 1. The first kappa shape index (κ1) is 12.0. The van der Waals surface area contributed by atoms with Crippen LogP contribution in [0.3, 0.4) is 0 Å². The van der Waals surface area contributed by atoms with Crippen LogP contribution in [0.2, 0.25) is 0 Å². The van der Waals surface area contributed by atoms with E-state index in [1.807, 2.05) is 12.1 Å². The number of hydrogen-bond acceptors (Lipinski definition) is 2. The van der Waals surface area contributed by atoms with Gasteiger partial charge in [-0.3, -0.25) is 0 Å². The summed E-state index contributed by atoms with van der Waals surface area (Å²) in [6.07, 6.45) is 7.74. The normalized spacial score (nSPS) is 20.4. The molecule has 1 aromatic rings. The largest absolute Gasteiger partial charge is 0.508 e. The minimum atomic E-state index is 0.330. The summed E-state index contributed by atoms with van der Waals surface area (Å²) in [6.45, 7) is 2.91. The molecule has 0 atom stereocenters. The number of benzene rings is 1. The molecule has 1 aliphatic rings. The zero-order valence-corrected chi connectivity index (χ0v) is 10.4. The van der Waals surface area contributed by atoms with Crippen molar-refractivity contribution >= 4 is 0 Å². The molecule has 92 valence electrons. The van der Waals surface area contributed by atoms with Gasteiger partial charge in [-0.15, -0.1) is 0 Å². The lowest BCUT2D eigenvalue weighted by atomic mass is 10.0. The number of aryl methyl sites for hydroxylation is 1. The summed E-state index contributed by atoms with van der Waals surface area (Å²) in [5, 5.41) is 9.51. The summed E-state index contributed by atoms with van der Waals surface area (Å²) in [5.41, 5.74) is 2.59. The summed E-state index contributed by atoms with van der Waals surface area (Å²) in [4.78, 5) is 0. The molecule has 1 heterocycles. The summed E-state index contributed by atoms with van der Waals surface area (Å²) >= 11 is 0. The van der Waals surface area contributed by atoms with Gasteiger partial charge < -0.3 is 9.84 Å². The lowest BCUT2D eigenvalue weighted by molar-refractivity contribution is 0.320. The highest BCUT2D eigenvalue weighted by atomic mass is 16.5. The maximum Gasteiger partial charge on any atom is 0.122 e. The summed E-state index contributed by atoms with van der Waals surface area (Å²) < 4.78 is 5.77. The molecule has 0 unspecified atom stereocenters. The van der Waals surface area contributed by atoms with E-state index in [1.165, 1.54) is 18.4 Å². The molecule has 0 aliphatic carbocycles. The Morgan fingerprint density at radius 2 is 2.00 bits per heavy atom. The van der Waals surface area contributed by atoms with Gasteiger partial charge in [0.25, 0.3) is 0 Å². The average Bonchev–Trinajstić information content (AvgIpc) is 2.35. The van der Waals surface area contributed by atoms with Gasteiger partial charge in [0, 0.05) is 0 Å². The summed E-state index contributed by atoms with van der Waals surface area (Å²) in [5.74, 6) is 1.26. The van der Waals surface area contributed by atoms with Crippen LogP contribution in [-0.4, -0.2) is 11.7 Å². The maximum absolute atomic E-state index is 9.51. The Morgan fingerprint density at radius 3 is 2.88 bits per heavy atom. The predicted octanol–water partition coefficient (Wildman–Crippen LogP) is 3.83. The van der Waals surface area contributed by atoms with Crippen molar-refractivity contribution in [1.29, 1.82) is 0 Å². The number of phenols is 1. The molecule has 1 aromatic carbocycles. The van der Waals surface area contributed by atoms with E-state index in [2.05, 4.69) is 13.0 Å². The van der Waals surface area contributed by atoms with Crippen molar-refractivity contribution in [1.82, 2.24) is 0 Å².